The van der Waals surface area contributed by atoms with Crippen LogP contribution in [0.5, 0.6) is 0 Å². The molecule has 0 bridgehead atoms. The molecule has 0 amide bonds. The molecule has 12 heavy (non-hydrogen) atoms. The number of aliphatic imine (C=N–C) groups is 1. The number of benzene rings is 1. The first-order chi connectivity index (χ1) is 5.79. The lowest BCUT2D eigenvalue weighted by atomic mass is 10.1. The first-order valence-electron chi connectivity index (χ1n) is 3.98. The third-order valence-electron chi connectivity index (χ3n) is 1.77. The Labute approximate surface area is 73.5 Å². The molecule has 0 unspecified atom stereocenters. The smallest absolute Gasteiger partial charge is 0.0723 e. The van der Waals surface area contributed by atoms with Crippen LogP contribution in [-0.4, -0.2) is 6.72 Å². The average molecular weight is 159 g/mol. The van der Waals surface area contributed by atoms with Gasteiger partial charge in [-0.15, -0.1) is 0 Å². The summed E-state index contributed by atoms with van der Waals surface area (Å²) >= 11 is 0. The van der Waals surface area contributed by atoms with E-state index in [1.807, 2.05) is 44.2 Å². The number of hydrogen-bond donors (Lipinski definition) is 0. The first kappa shape index (κ1) is 8.72. The predicted molar refractivity (Wildman–Crippen MR) is 55.1 cm³/mol. The van der Waals surface area contributed by atoms with Crippen LogP contribution in [0.25, 0.3) is 6.08 Å². The number of allylic oxidation sites excluding steroid dienone is 1. The summed E-state index contributed by atoms with van der Waals surface area (Å²) in [5, 5.41) is 0. The van der Waals surface area contributed by atoms with Gasteiger partial charge in [0.05, 0.1) is 5.69 Å². The molecule has 0 aliphatic carbocycles. The van der Waals surface area contributed by atoms with Gasteiger partial charge in [0.25, 0.3) is 0 Å². The molecule has 0 aromatic heterocycles. The molecule has 1 heteroatoms. The van der Waals surface area contributed by atoms with Crippen molar-refractivity contribution in [1.82, 2.24) is 0 Å². The minimum absolute atomic E-state index is 0.982. The molecular weight excluding hydrogens is 146 g/mol. The van der Waals surface area contributed by atoms with Gasteiger partial charge in [0.1, 0.15) is 0 Å². The van der Waals surface area contributed by atoms with Crippen LogP contribution in [0.2, 0.25) is 0 Å². The second-order valence-corrected chi connectivity index (χ2v) is 2.67. The van der Waals surface area contributed by atoms with Crippen molar-refractivity contribution >= 4 is 18.5 Å². The lowest BCUT2D eigenvalue weighted by Gasteiger charge is -2.02. The van der Waals surface area contributed by atoms with Gasteiger partial charge < -0.3 is 0 Å². The summed E-state index contributed by atoms with van der Waals surface area (Å²) < 4.78 is 0. The van der Waals surface area contributed by atoms with Crippen molar-refractivity contribution in [3.05, 3.63) is 35.4 Å². The highest BCUT2D eigenvalue weighted by molar-refractivity contribution is 5.68. The van der Waals surface area contributed by atoms with Crippen molar-refractivity contribution in [2.45, 2.75) is 13.8 Å². The standard InChI is InChI=1S/C11H13N/c1-4-6-10-8-5-7-9(2)11(10)12-3/h4-8H,3H2,1-2H3/b6-4-. The number of para-hydroxylation sites is 1. The van der Waals surface area contributed by atoms with Gasteiger partial charge in [-0.2, -0.15) is 0 Å². The molecule has 0 saturated carbocycles. The maximum Gasteiger partial charge on any atom is 0.0723 e. The SMILES string of the molecule is C=Nc1c(C)cccc1/C=C\C. The summed E-state index contributed by atoms with van der Waals surface area (Å²) in [6, 6.07) is 6.10. The van der Waals surface area contributed by atoms with Gasteiger partial charge in [0.15, 0.2) is 0 Å². The van der Waals surface area contributed by atoms with Crippen LogP contribution < -0.4 is 0 Å². The van der Waals surface area contributed by atoms with Crippen molar-refractivity contribution in [1.29, 1.82) is 0 Å². The molecule has 1 nitrogen and oxygen atoms in total. The fraction of sp³-hybridized carbons (Fsp3) is 0.182. The normalized spacial score (nSPS) is 10.5. The summed E-state index contributed by atoms with van der Waals surface area (Å²) in [6.45, 7) is 7.58. The summed E-state index contributed by atoms with van der Waals surface area (Å²) in [7, 11) is 0. The Kier molecular flexibility index (Phi) is 2.81. The Morgan fingerprint density at radius 1 is 1.42 bits per heavy atom. The van der Waals surface area contributed by atoms with Crippen molar-refractivity contribution < 1.29 is 0 Å². The minimum Gasteiger partial charge on any atom is -0.264 e. The molecule has 1 aromatic rings. The van der Waals surface area contributed by atoms with Gasteiger partial charge >= 0.3 is 0 Å². The Bertz CT molecular complexity index is 311. The van der Waals surface area contributed by atoms with E-state index in [4.69, 9.17) is 0 Å². The Morgan fingerprint density at radius 2 is 2.17 bits per heavy atom. The van der Waals surface area contributed by atoms with E-state index in [0.717, 1.165) is 11.3 Å². The molecule has 0 heterocycles. The summed E-state index contributed by atoms with van der Waals surface area (Å²) in [5.41, 5.74) is 3.28. The molecule has 0 aliphatic rings. The minimum atomic E-state index is 0.982. The van der Waals surface area contributed by atoms with Gasteiger partial charge in [-0.05, 0) is 26.1 Å². The van der Waals surface area contributed by atoms with Crippen molar-refractivity contribution in [3.63, 3.8) is 0 Å². The molecular formula is C11H13N. The number of rotatable bonds is 2. The zero-order valence-electron chi connectivity index (χ0n) is 7.54. The molecule has 1 aromatic carbocycles. The van der Waals surface area contributed by atoms with Crippen LogP contribution in [0.3, 0.4) is 0 Å². The molecule has 0 atom stereocenters. The van der Waals surface area contributed by atoms with E-state index >= 15 is 0 Å². The van der Waals surface area contributed by atoms with Crippen LogP contribution in [0, 0.1) is 6.92 Å². The van der Waals surface area contributed by atoms with E-state index in [1.54, 1.807) is 0 Å². The Balaban J connectivity index is 3.27. The monoisotopic (exact) mass is 159 g/mol. The van der Waals surface area contributed by atoms with E-state index in [1.165, 1.54) is 5.56 Å². The highest BCUT2D eigenvalue weighted by Crippen LogP contribution is 2.24. The fourth-order valence-corrected chi connectivity index (χ4v) is 1.21. The van der Waals surface area contributed by atoms with Crippen molar-refractivity contribution in [2.24, 2.45) is 4.99 Å². The van der Waals surface area contributed by atoms with E-state index in [0.29, 0.717) is 0 Å². The summed E-state index contributed by atoms with van der Waals surface area (Å²) in [6.07, 6.45) is 4.04. The zero-order valence-corrected chi connectivity index (χ0v) is 7.54. The highest BCUT2D eigenvalue weighted by atomic mass is 14.7. The van der Waals surface area contributed by atoms with Gasteiger partial charge in [-0.1, -0.05) is 30.4 Å². The third-order valence-corrected chi connectivity index (χ3v) is 1.77. The largest absolute Gasteiger partial charge is 0.264 e. The van der Waals surface area contributed by atoms with Crippen LogP contribution in [0.1, 0.15) is 18.1 Å². The Hall–Kier alpha value is -1.37. The lowest BCUT2D eigenvalue weighted by Crippen LogP contribution is -1.78. The first-order valence-corrected chi connectivity index (χ1v) is 3.98. The fourth-order valence-electron chi connectivity index (χ4n) is 1.21. The topological polar surface area (TPSA) is 12.4 Å². The zero-order chi connectivity index (χ0) is 8.97. The van der Waals surface area contributed by atoms with Crippen molar-refractivity contribution in [3.8, 4) is 0 Å². The van der Waals surface area contributed by atoms with Gasteiger partial charge in [-0.3, -0.25) is 4.99 Å². The lowest BCUT2D eigenvalue weighted by molar-refractivity contribution is 1.40. The molecule has 0 N–H and O–H groups in total. The maximum absolute atomic E-state index is 3.99. The molecule has 0 fully saturated rings. The highest BCUT2D eigenvalue weighted by Gasteiger charge is 1.98. The second kappa shape index (κ2) is 3.86. The van der Waals surface area contributed by atoms with E-state index < -0.39 is 0 Å². The van der Waals surface area contributed by atoms with Gasteiger partial charge in [0.2, 0.25) is 0 Å². The van der Waals surface area contributed by atoms with Crippen LogP contribution in [0.15, 0.2) is 29.3 Å². The molecule has 0 radical (unpaired) electrons. The quantitative estimate of drug-likeness (QED) is 0.587. The van der Waals surface area contributed by atoms with Crippen LogP contribution >= 0.6 is 0 Å². The molecule has 1 rings (SSSR count). The third kappa shape index (κ3) is 1.62. The average Bonchev–Trinajstić information content (AvgIpc) is 2.05. The molecule has 62 valence electrons. The number of hydrogen-bond acceptors (Lipinski definition) is 1. The van der Waals surface area contributed by atoms with Crippen LogP contribution in [-0.2, 0) is 0 Å². The number of aryl methyl sites for hydroxylation is 1. The summed E-state index contributed by atoms with van der Waals surface area (Å²) in [4.78, 5) is 3.99. The second-order valence-electron chi connectivity index (χ2n) is 2.67. The van der Waals surface area contributed by atoms with E-state index in [2.05, 4.69) is 11.7 Å². The Morgan fingerprint density at radius 3 is 2.75 bits per heavy atom. The van der Waals surface area contributed by atoms with E-state index in [-0.39, 0.29) is 0 Å². The molecule has 0 spiro atoms. The van der Waals surface area contributed by atoms with Crippen molar-refractivity contribution in [2.75, 3.05) is 0 Å². The van der Waals surface area contributed by atoms with Crippen LogP contribution in [0.4, 0.5) is 5.69 Å². The summed E-state index contributed by atoms with van der Waals surface area (Å²) in [5.74, 6) is 0. The van der Waals surface area contributed by atoms with Gasteiger partial charge in [0, 0.05) is 5.56 Å². The molecule has 0 saturated heterocycles. The van der Waals surface area contributed by atoms with Gasteiger partial charge in [-0.25, -0.2) is 0 Å². The predicted octanol–water partition coefficient (Wildman–Crippen LogP) is 3.36. The maximum atomic E-state index is 3.99. The molecule has 0 aliphatic heterocycles. The van der Waals surface area contributed by atoms with E-state index in [9.17, 15) is 0 Å². The number of nitrogens with zero attached hydrogens (tertiary/aromatic N) is 1.